The van der Waals surface area contributed by atoms with E-state index in [1.54, 1.807) is 22.6 Å². The van der Waals surface area contributed by atoms with Crippen molar-refractivity contribution in [3.05, 3.63) is 11.9 Å². The summed E-state index contributed by atoms with van der Waals surface area (Å²) in [5.74, 6) is 3.48. The van der Waals surface area contributed by atoms with Gasteiger partial charge < -0.3 is 0 Å². The number of hydrogen-bond acceptors (Lipinski definition) is 5. The lowest BCUT2D eigenvalue weighted by Crippen LogP contribution is -2.25. The van der Waals surface area contributed by atoms with E-state index in [1.807, 2.05) is 18.8 Å². The standard InChI is InChI=1S/C9H13N3OS2/c1-12-5-7(10-11-12)4-8(13)9-6-14-2-3-15-9/h5,9H,2-4,6H2,1H3. The zero-order valence-electron chi connectivity index (χ0n) is 8.55. The van der Waals surface area contributed by atoms with Gasteiger partial charge >= 0.3 is 0 Å². The number of hydrogen-bond donors (Lipinski definition) is 0. The van der Waals surface area contributed by atoms with E-state index >= 15 is 0 Å². The highest BCUT2D eigenvalue weighted by atomic mass is 32.2. The number of ketones is 1. The minimum atomic E-state index is 0.158. The van der Waals surface area contributed by atoms with Crippen LogP contribution in [0.4, 0.5) is 0 Å². The number of carbonyl (C=O) groups is 1. The van der Waals surface area contributed by atoms with Gasteiger partial charge in [-0.05, 0) is 0 Å². The van der Waals surface area contributed by atoms with Crippen LogP contribution >= 0.6 is 23.5 Å². The largest absolute Gasteiger partial charge is 0.298 e. The summed E-state index contributed by atoms with van der Waals surface area (Å²) in [6, 6.07) is 0. The molecule has 15 heavy (non-hydrogen) atoms. The first-order valence-electron chi connectivity index (χ1n) is 4.83. The second-order valence-corrected chi connectivity index (χ2v) is 5.92. The Morgan fingerprint density at radius 3 is 3.13 bits per heavy atom. The van der Waals surface area contributed by atoms with Crippen molar-refractivity contribution < 1.29 is 4.79 Å². The summed E-state index contributed by atoms with van der Waals surface area (Å²) in [4.78, 5) is 11.9. The van der Waals surface area contributed by atoms with Crippen LogP contribution in [-0.4, -0.2) is 43.3 Å². The van der Waals surface area contributed by atoms with Crippen LogP contribution in [0.3, 0.4) is 0 Å². The van der Waals surface area contributed by atoms with Crippen molar-refractivity contribution in [2.45, 2.75) is 11.7 Å². The normalized spacial score (nSPS) is 21.5. The van der Waals surface area contributed by atoms with Crippen LogP contribution in [0.15, 0.2) is 6.20 Å². The molecule has 2 heterocycles. The second-order valence-electron chi connectivity index (χ2n) is 3.46. The monoisotopic (exact) mass is 243 g/mol. The van der Waals surface area contributed by atoms with Gasteiger partial charge in [0.1, 0.15) is 0 Å². The third-order valence-electron chi connectivity index (χ3n) is 2.18. The molecule has 0 N–H and O–H groups in total. The minimum absolute atomic E-state index is 0.158. The summed E-state index contributed by atoms with van der Waals surface area (Å²) < 4.78 is 1.63. The quantitative estimate of drug-likeness (QED) is 0.785. The Morgan fingerprint density at radius 1 is 1.67 bits per heavy atom. The van der Waals surface area contributed by atoms with Gasteiger partial charge in [-0.25, -0.2) is 0 Å². The van der Waals surface area contributed by atoms with Crippen molar-refractivity contribution in [3.8, 4) is 0 Å². The molecule has 0 saturated carbocycles. The second kappa shape index (κ2) is 5.03. The Morgan fingerprint density at radius 2 is 2.53 bits per heavy atom. The molecule has 82 valence electrons. The number of aromatic nitrogens is 3. The molecule has 1 aliphatic heterocycles. The van der Waals surface area contributed by atoms with E-state index in [1.165, 1.54) is 5.75 Å². The van der Waals surface area contributed by atoms with Crippen LogP contribution in [0.2, 0.25) is 0 Å². The zero-order valence-corrected chi connectivity index (χ0v) is 10.2. The molecule has 6 heteroatoms. The Hall–Kier alpha value is -0.490. The summed E-state index contributed by atoms with van der Waals surface area (Å²) >= 11 is 3.64. The Balaban J connectivity index is 1.91. The zero-order chi connectivity index (χ0) is 10.7. The molecule has 1 fully saturated rings. The van der Waals surface area contributed by atoms with Crippen LogP contribution in [0.25, 0.3) is 0 Å². The van der Waals surface area contributed by atoms with Gasteiger partial charge in [0.2, 0.25) is 0 Å². The average molecular weight is 243 g/mol. The molecule has 0 radical (unpaired) electrons. The van der Waals surface area contributed by atoms with Crippen LogP contribution in [0.1, 0.15) is 5.69 Å². The minimum Gasteiger partial charge on any atom is -0.298 e. The maximum absolute atomic E-state index is 11.9. The summed E-state index contributed by atoms with van der Waals surface area (Å²) in [7, 11) is 1.81. The smallest absolute Gasteiger partial charge is 0.152 e. The van der Waals surface area contributed by atoms with E-state index in [9.17, 15) is 4.79 Å². The van der Waals surface area contributed by atoms with Crippen LogP contribution in [0.5, 0.6) is 0 Å². The van der Waals surface area contributed by atoms with E-state index in [0.717, 1.165) is 17.2 Å². The summed E-state index contributed by atoms with van der Waals surface area (Å²) in [6.45, 7) is 0. The van der Waals surface area contributed by atoms with E-state index in [2.05, 4.69) is 10.3 Å². The Labute approximate surface area is 97.2 Å². The number of rotatable bonds is 3. The SMILES string of the molecule is Cn1cc(CC(=O)C2CSCCS2)nn1. The molecule has 1 aliphatic rings. The lowest BCUT2D eigenvalue weighted by Gasteiger charge is -2.18. The fraction of sp³-hybridized carbons (Fsp3) is 0.667. The topological polar surface area (TPSA) is 47.8 Å². The number of thioether (sulfide) groups is 2. The molecule has 0 bridgehead atoms. The van der Waals surface area contributed by atoms with E-state index in [-0.39, 0.29) is 11.0 Å². The predicted octanol–water partition coefficient (Wildman–Crippen LogP) is 0.775. The van der Waals surface area contributed by atoms with Gasteiger partial charge in [0.25, 0.3) is 0 Å². The van der Waals surface area contributed by atoms with Crippen LogP contribution in [0, 0.1) is 0 Å². The summed E-state index contributed by atoms with van der Waals surface area (Å²) in [6.07, 6.45) is 2.23. The van der Waals surface area contributed by atoms with Crippen molar-refractivity contribution in [1.29, 1.82) is 0 Å². The molecule has 0 aliphatic carbocycles. The lowest BCUT2D eigenvalue weighted by molar-refractivity contribution is -0.117. The predicted molar refractivity (Wildman–Crippen MR) is 63.3 cm³/mol. The van der Waals surface area contributed by atoms with Gasteiger partial charge in [0.15, 0.2) is 5.78 Å². The van der Waals surface area contributed by atoms with E-state index in [0.29, 0.717) is 6.42 Å². The molecular formula is C9H13N3OS2. The van der Waals surface area contributed by atoms with Gasteiger partial charge in [-0.3, -0.25) is 9.48 Å². The lowest BCUT2D eigenvalue weighted by atomic mass is 10.2. The molecular weight excluding hydrogens is 230 g/mol. The van der Waals surface area contributed by atoms with E-state index < -0.39 is 0 Å². The van der Waals surface area contributed by atoms with Crippen LogP contribution in [-0.2, 0) is 18.3 Å². The van der Waals surface area contributed by atoms with Crippen molar-refractivity contribution in [3.63, 3.8) is 0 Å². The van der Waals surface area contributed by atoms with Gasteiger partial charge in [-0.15, -0.1) is 16.9 Å². The van der Waals surface area contributed by atoms with Crippen molar-refractivity contribution >= 4 is 29.3 Å². The number of aryl methyl sites for hydroxylation is 1. The van der Waals surface area contributed by atoms with Gasteiger partial charge in [-0.1, -0.05) is 5.21 Å². The first kappa shape index (κ1) is 11.0. The maximum atomic E-state index is 11.9. The molecule has 4 nitrogen and oxygen atoms in total. The van der Waals surface area contributed by atoms with Gasteiger partial charge in [0, 0.05) is 30.5 Å². The molecule has 0 amide bonds. The fourth-order valence-corrected chi connectivity index (χ4v) is 4.09. The maximum Gasteiger partial charge on any atom is 0.152 e. The highest BCUT2D eigenvalue weighted by Gasteiger charge is 2.22. The summed E-state index contributed by atoms with van der Waals surface area (Å²) in [5, 5.41) is 7.90. The first-order valence-corrected chi connectivity index (χ1v) is 7.03. The first-order chi connectivity index (χ1) is 7.25. The number of Topliss-reactive ketones (excluding diaryl/α,β-unsaturated/α-hetero) is 1. The van der Waals surface area contributed by atoms with Crippen molar-refractivity contribution in [1.82, 2.24) is 15.0 Å². The molecule has 1 aromatic rings. The molecule has 2 rings (SSSR count). The molecule has 0 aromatic carbocycles. The van der Waals surface area contributed by atoms with Gasteiger partial charge in [0.05, 0.1) is 17.4 Å². The molecule has 1 aromatic heterocycles. The van der Waals surface area contributed by atoms with Crippen molar-refractivity contribution in [2.24, 2.45) is 7.05 Å². The molecule has 1 atom stereocenters. The molecule has 0 spiro atoms. The Bertz CT molecular complexity index is 347. The van der Waals surface area contributed by atoms with Gasteiger partial charge in [-0.2, -0.15) is 11.8 Å². The third kappa shape index (κ3) is 2.98. The average Bonchev–Trinajstić information content (AvgIpc) is 2.65. The summed E-state index contributed by atoms with van der Waals surface area (Å²) in [5.41, 5.74) is 0.777. The fourth-order valence-electron chi connectivity index (χ4n) is 1.44. The van der Waals surface area contributed by atoms with Crippen molar-refractivity contribution in [2.75, 3.05) is 17.3 Å². The molecule has 1 saturated heterocycles. The number of carbonyl (C=O) groups excluding carboxylic acids is 1. The third-order valence-corrected chi connectivity index (χ3v) is 4.98. The molecule has 1 unspecified atom stereocenters. The highest BCUT2D eigenvalue weighted by Crippen LogP contribution is 2.25. The Kier molecular flexibility index (Phi) is 3.69. The highest BCUT2D eigenvalue weighted by molar-refractivity contribution is 8.07. The van der Waals surface area contributed by atoms with Crippen LogP contribution < -0.4 is 0 Å². The van der Waals surface area contributed by atoms with E-state index in [4.69, 9.17) is 0 Å². The number of nitrogens with zero attached hydrogens (tertiary/aromatic N) is 3.